The molecule has 0 heterocycles. The second-order valence-corrected chi connectivity index (χ2v) is 4.07. The molecule has 0 saturated heterocycles. The summed E-state index contributed by atoms with van der Waals surface area (Å²) in [5, 5.41) is 9.88. The Bertz CT molecular complexity index is 471. The molecule has 4 nitrogen and oxygen atoms in total. The van der Waals surface area contributed by atoms with E-state index in [1.807, 2.05) is 13.0 Å². The van der Waals surface area contributed by atoms with Gasteiger partial charge in [-0.25, -0.2) is 4.79 Å². The zero-order valence-corrected chi connectivity index (χ0v) is 9.28. The molecule has 1 N–H and O–H groups in total. The van der Waals surface area contributed by atoms with Crippen molar-refractivity contribution in [1.82, 2.24) is 0 Å². The molecule has 16 heavy (non-hydrogen) atoms. The summed E-state index contributed by atoms with van der Waals surface area (Å²) in [7, 11) is 1.55. The fourth-order valence-electron chi connectivity index (χ4n) is 1.92. The van der Waals surface area contributed by atoms with E-state index in [0.29, 0.717) is 11.3 Å². The number of aromatic hydroxyl groups is 1. The molecule has 1 fully saturated rings. The summed E-state index contributed by atoms with van der Waals surface area (Å²) in [5.74, 6) is 0.756. The van der Waals surface area contributed by atoms with Crippen LogP contribution in [0.4, 0.5) is 0 Å². The molecule has 1 aromatic rings. The number of phenolic OH excluding ortho intramolecular Hbond substituents is 1. The predicted molar refractivity (Wildman–Crippen MR) is 58.4 cm³/mol. The highest BCUT2D eigenvalue weighted by Crippen LogP contribution is 2.52. The van der Waals surface area contributed by atoms with Crippen LogP contribution in [0.25, 0.3) is 0 Å². The fraction of sp³-hybridized carbons (Fsp3) is 0.417. The molecule has 1 aliphatic carbocycles. The minimum absolute atomic E-state index is 0.124. The first kappa shape index (κ1) is 10.7. The molecule has 0 amide bonds. The Morgan fingerprint density at radius 1 is 1.50 bits per heavy atom. The zero-order chi connectivity index (χ0) is 11.8. The number of methoxy groups -OCH3 is 1. The number of phenols is 1. The number of hydrogen-bond donors (Lipinski definition) is 1. The summed E-state index contributed by atoms with van der Waals surface area (Å²) < 4.78 is 5.11. The average Bonchev–Trinajstić information content (AvgIpc) is 3.02. The minimum Gasteiger partial charge on any atom is -0.507 e. The Morgan fingerprint density at radius 3 is 2.69 bits per heavy atom. The van der Waals surface area contributed by atoms with Gasteiger partial charge in [0.2, 0.25) is 6.08 Å². The van der Waals surface area contributed by atoms with Crippen LogP contribution in [0.3, 0.4) is 0 Å². The van der Waals surface area contributed by atoms with Gasteiger partial charge in [-0.3, -0.25) is 0 Å². The van der Waals surface area contributed by atoms with E-state index in [1.165, 1.54) is 0 Å². The first-order valence-corrected chi connectivity index (χ1v) is 5.10. The second-order valence-electron chi connectivity index (χ2n) is 4.07. The Hall–Kier alpha value is -1.80. The van der Waals surface area contributed by atoms with Gasteiger partial charge in [0.15, 0.2) is 0 Å². The maximum absolute atomic E-state index is 10.4. The van der Waals surface area contributed by atoms with E-state index in [-0.39, 0.29) is 5.75 Å². The van der Waals surface area contributed by atoms with Gasteiger partial charge in [-0.2, -0.15) is 4.99 Å². The number of ether oxygens (including phenoxy) is 1. The standard InChI is InChI=1S/C12H13NO3/c1-8-5-9(10(15)6-11(8)16-2)12(3-4-12)13-7-14/h5-6,15H,3-4H2,1-2H3. The number of isocyanates is 1. The van der Waals surface area contributed by atoms with Gasteiger partial charge in [0.1, 0.15) is 17.0 Å². The van der Waals surface area contributed by atoms with Crippen LogP contribution in [0.2, 0.25) is 0 Å². The van der Waals surface area contributed by atoms with E-state index in [4.69, 9.17) is 4.74 Å². The van der Waals surface area contributed by atoms with Crippen molar-refractivity contribution in [3.63, 3.8) is 0 Å². The number of rotatable bonds is 3. The van der Waals surface area contributed by atoms with Gasteiger partial charge in [-0.15, -0.1) is 0 Å². The molecule has 0 radical (unpaired) electrons. The van der Waals surface area contributed by atoms with Crippen molar-refractivity contribution in [2.75, 3.05) is 7.11 Å². The highest BCUT2D eigenvalue weighted by Gasteiger charge is 2.46. The van der Waals surface area contributed by atoms with Crippen molar-refractivity contribution in [3.8, 4) is 11.5 Å². The lowest BCUT2D eigenvalue weighted by atomic mass is 10.0. The Kier molecular flexibility index (Phi) is 2.44. The van der Waals surface area contributed by atoms with Crippen LogP contribution in [0.15, 0.2) is 17.1 Å². The summed E-state index contributed by atoms with van der Waals surface area (Å²) in [6.07, 6.45) is 3.14. The smallest absolute Gasteiger partial charge is 0.235 e. The van der Waals surface area contributed by atoms with Gasteiger partial charge in [0.05, 0.1) is 7.11 Å². The largest absolute Gasteiger partial charge is 0.507 e. The quantitative estimate of drug-likeness (QED) is 0.625. The van der Waals surface area contributed by atoms with Gasteiger partial charge < -0.3 is 9.84 Å². The number of carbonyl (C=O) groups excluding carboxylic acids is 1. The van der Waals surface area contributed by atoms with Crippen molar-refractivity contribution in [2.45, 2.75) is 25.3 Å². The molecule has 1 saturated carbocycles. The maximum atomic E-state index is 10.4. The van der Waals surface area contributed by atoms with E-state index < -0.39 is 5.54 Å². The molecule has 0 spiro atoms. The Morgan fingerprint density at radius 2 is 2.19 bits per heavy atom. The monoisotopic (exact) mass is 219 g/mol. The van der Waals surface area contributed by atoms with Crippen molar-refractivity contribution in [3.05, 3.63) is 23.3 Å². The molecule has 0 aromatic heterocycles. The fourth-order valence-corrected chi connectivity index (χ4v) is 1.92. The molecule has 0 aliphatic heterocycles. The van der Waals surface area contributed by atoms with Crippen molar-refractivity contribution < 1.29 is 14.6 Å². The molecule has 2 rings (SSSR count). The van der Waals surface area contributed by atoms with Crippen molar-refractivity contribution >= 4 is 6.08 Å². The van der Waals surface area contributed by atoms with Crippen LogP contribution >= 0.6 is 0 Å². The van der Waals surface area contributed by atoms with Crippen LogP contribution in [0.1, 0.15) is 24.0 Å². The van der Waals surface area contributed by atoms with Crippen molar-refractivity contribution in [1.29, 1.82) is 0 Å². The number of aryl methyl sites for hydroxylation is 1. The molecule has 1 aliphatic rings. The van der Waals surface area contributed by atoms with Crippen molar-refractivity contribution in [2.24, 2.45) is 4.99 Å². The topological polar surface area (TPSA) is 58.9 Å². The lowest BCUT2D eigenvalue weighted by Crippen LogP contribution is -2.03. The van der Waals surface area contributed by atoms with Gasteiger partial charge in [-0.1, -0.05) is 0 Å². The van der Waals surface area contributed by atoms with Crippen LogP contribution in [-0.4, -0.2) is 18.3 Å². The molecule has 1 aromatic carbocycles. The SMILES string of the molecule is COc1cc(O)c(C2(N=C=O)CC2)cc1C. The van der Waals surface area contributed by atoms with Crippen LogP contribution in [0, 0.1) is 6.92 Å². The summed E-state index contributed by atoms with van der Waals surface area (Å²) in [6, 6.07) is 3.38. The number of benzene rings is 1. The average molecular weight is 219 g/mol. The molecule has 84 valence electrons. The maximum Gasteiger partial charge on any atom is 0.235 e. The molecule has 0 atom stereocenters. The predicted octanol–water partition coefficient (Wildman–Crippen LogP) is 2.03. The zero-order valence-electron chi connectivity index (χ0n) is 9.28. The number of aliphatic imine (C=N–C) groups is 1. The Labute approximate surface area is 93.6 Å². The van der Waals surface area contributed by atoms with E-state index in [2.05, 4.69) is 4.99 Å². The molecule has 4 heteroatoms. The molecule has 0 unspecified atom stereocenters. The Balaban J connectivity index is 2.50. The van der Waals surface area contributed by atoms with Crippen LogP contribution < -0.4 is 4.74 Å². The first-order valence-electron chi connectivity index (χ1n) is 5.10. The molecule has 0 bridgehead atoms. The van der Waals surface area contributed by atoms with Crippen LogP contribution in [0.5, 0.6) is 11.5 Å². The van der Waals surface area contributed by atoms with E-state index in [1.54, 1.807) is 19.3 Å². The highest BCUT2D eigenvalue weighted by atomic mass is 16.5. The molecular weight excluding hydrogens is 206 g/mol. The van der Waals surface area contributed by atoms with Gasteiger partial charge in [-0.05, 0) is 31.4 Å². The lowest BCUT2D eigenvalue weighted by molar-refractivity contribution is 0.402. The summed E-state index contributed by atoms with van der Waals surface area (Å²) >= 11 is 0. The van der Waals surface area contributed by atoms with E-state index in [9.17, 15) is 9.90 Å². The molecular formula is C12H13NO3. The third-order valence-electron chi connectivity index (χ3n) is 3.00. The summed E-state index contributed by atoms with van der Waals surface area (Å²) in [4.78, 5) is 14.1. The first-order chi connectivity index (χ1) is 7.63. The summed E-state index contributed by atoms with van der Waals surface area (Å²) in [6.45, 7) is 1.89. The van der Waals surface area contributed by atoms with Gasteiger partial charge >= 0.3 is 0 Å². The highest BCUT2D eigenvalue weighted by molar-refractivity contribution is 5.52. The second kappa shape index (κ2) is 3.65. The van der Waals surface area contributed by atoms with Crippen LogP contribution in [-0.2, 0) is 10.3 Å². The van der Waals surface area contributed by atoms with E-state index >= 15 is 0 Å². The lowest BCUT2D eigenvalue weighted by Gasteiger charge is -2.13. The van der Waals surface area contributed by atoms with Gasteiger partial charge in [0.25, 0.3) is 0 Å². The normalized spacial score (nSPS) is 16.4. The van der Waals surface area contributed by atoms with Gasteiger partial charge in [0, 0.05) is 11.6 Å². The minimum atomic E-state index is -0.539. The summed E-state index contributed by atoms with van der Waals surface area (Å²) in [5.41, 5.74) is 1.07. The number of nitrogens with zero attached hydrogens (tertiary/aromatic N) is 1. The van der Waals surface area contributed by atoms with E-state index in [0.717, 1.165) is 18.4 Å². The third-order valence-corrected chi connectivity index (χ3v) is 3.00. The third kappa shape index (κ3) is 1.57. The number of hydrogen-bond acceptors (Lipinski definition) is 4.